The number of likely N-dealkylation sites (tertiary alicyclic amines) is 1. The minimum absolute atomic E-state index is 0.207. The minimum Gasteiger partial charge on any atom is -0.480 e. The summed E-state index contributed by atoms with van der Waals surface area (Å²) < 4.78 is 4.90. The summed E-state index contributed by atoms with van der Waals surface area (Å²) in [4.78, 5) is 36.9. The average Bonchev–Trinajstić information content (AvgIpc) is 2.42. The molecule has 0 aromatic heterocycles. The maximum Gasteiger partial charge on any atom is 0.323 e. The van der Waals surface area contributed by atoms with Crippen molar-refractivity contribution >= 4 is 17.9 Å². The SMILES string of the molecule is COCCN(CC(=O)O)C(=O)N1CCC(CC(N)=O)CC1. The second-order valence-electron chi connectivity index (χ2n) is 5.19. The second-order valence-corrected chi connectivity index (χ2v) is 5.19. The Kier molecular flexibility index (Phi) is 6.93. The minimum atomic E-state index is -1.05. The third kappa shape index (κ3) is 5.99. The van der Waals surface area contributed by atoms with Crippen molar-refractivity contribution < 1.29 is 24.2 Å². The number of nitrogens with zero attached hydrogens (tertiary/aromatic N) is 2. The molecule has 21 heavy (non-hydrogen) atoms. The van der Waals surface area contributed by atoms with Crippen LogP contribution in [-0.2, 0) is 14.3 Å². The molecule has 1 fully saturated rings. The topological polar surface area (TPSA) is 113 Å². The van der Waals surface area contributed by atoms with Gasteiger partial charge in [-0.15, -0.1) is 0 Å². The molecule has 0 aliphatic carbocycles. The molecule has 0 bridgehead atoms. The molecule has 3 amide bonds. The van der Waals surface area contributed by atoms with Crippen molar-refractivity contribution in [3.8, 4) is 0 Å². The lowest BCUT2D eigenvalue weighted by atomic mass is 9.93. The summed E-state index contributed by atoms with van der Waals surface area (Å²) >= 11 is 0. The number of amides is 3. The van der Waals surface area contributed by atoms with Gasteiger partial charge in [0.1, 0.15) is 6.54 Å². The van der Waals surface area contributed by atoms with Gasteiger partial charge in [-0.05, 0) is 18.8 Å². The van der Waals surface area contributed by atoms with E-state index in [1.807, 2.05) is 0 Å². The van der Waals surface area contributed by atoms with Gasteiger partial charge in [0.2, 0.25) is 5.91 Å². The molecule has 0 atom stereocenters. The van der Waals surface area contributed by atoms with Crippen LogP contribution in [0.15, 0.2) is 0 Å². The first-order valence-corrected chi connectivity index (χ1v) is 6.97. The number of carboxylic acids is 1. The number of piperidine rings is 1. The van der Waals surface area contributed by atoms with Gasteiger partial charge in [0.15, 0.2) is 0 Å². The molecular weight excluding hydrogens is 278 g/mol. The molecule has 0 unspecified atom stereocenters. The van der Waals surface area contributed by atoms with Gasteiger partial charge in [0.25, 0.3) is 0 Å². The van der Waals surface area contributed by atoms with E-state index in [0.717, 1.165) is 0 Å². The quantitative estimate of drug-likeness (QED) is 0.672. The van der Waals surface area contributed by atoms with Crippen molar-refractivity contribution in [2.75, 3.05) is 39.9 Å². The summed E-state index contributed by atoms with van der Waals surface area (Å²) in [7, 11) is 1.50. The standard InChI is InChI=1S/C13H23N3O5/c1-21-7-6-16(9-12(18)19)13(20)15-4-2-10(3-5-15)8-11(14)17/h10H,2-9H2,1H3,(H2,14,17)(H,18,19). The number of carbonyl (C=O) groups excluding carboxylic acids is 2. The summed E-state index contributed by atoms with van der Waals surface area (Å²) in [6.07, 6.45) is 1.75. The number of nitrogens with two attached hydrogens (primary N) is 1. The third-order valence-electron chi connectivity index (χ3n) is 3.54. The number of ether oxygens (including phenoxy) is 1. The van der Waals surface area contributed by atoms with Crippen molar-refractivity contribution in [2.24, 2.45) is 11.7 Å². The van der Waals surface area contributed by atoms with Crippen LogP contribution < -0.4 is 5.73 Å². The van der Waals surface area contributed by atoms with Gasteiger partial charge < -0.3 is 25.4 Å². The molecule has 0 radical (unpaired) electrons. The van der Waals surface area contributed by atoms with Crippen LogP contribution in [0.1, 0.15) is 19.3 Å². The largest absolute Gasteiger partial charge is 0.480 e. The van der Waals surface area contributed by atoms with Gasteiger partial charge in [-0.3, -0.25) is 9.59 Å². The number of carbonyl (C=O) groups is 3. The number of carboxylic acid groups (broad SMARTS) is 1. The lowest BCUT2D eigenvalue weighted by Crippen LogP contribution is -2.49. The zero-order valence-electron chi connectivity index (χ0n) is 12.3. The Morgan fingerprint density at radius 2 is 1.95 bits per heavy atom. The predicted molar refractivity (Wildman–Crippen MR) is 74.6 cm³/mol. The van der Waals surface area contributed by atoms with Gasteiger partial charge in [-0.1, -0.05) is 0 Å². The summed E-state index contributed by atoms with van der Waals surface area (Å²) in [6, 6.07) is -0.299. The molecule has 1 heterocycles. The van der Waals surface area contributed by atoms with E-state index in [1.165, 1.54) is 12.0 Å². The van der Waals surface area contributed by atoms with Gasteiger partial charge in [0.05, 0.1) is 6.61 Å². The Morgan fingerprint density at radius 1 is 1.33 bits per heavy atom. The number of hydrogen-bond acceptors (Lipinski definition) is 4. The zero-order chi connectivity index (χ0) is 15.8. The van der Waals surface area contributed by atoms with E-state index in [1.54, 1.807) is 4.90 Å². The summed E-state index contributed by atoms with van der Waals surface area (Å²) in [5, 5.41) is 8.87. The molecule has 1 rings (SSSR count). The van der Waals surface area contributed by atoms with Crippen LogP contribution in [0.5, 0.6) is 0 Å². The molecule has 120 valence electrons. The first-order chi connectivity index (χ1) is 9.93. The molecule has 1 saturated heterocycles. The molecule has 1 aliphatic rings. The van der Waals surface area contributed by atoms with E-state index < -0.39 is 5.97 Å². The summed E-state index contributed by atoms with van der Waals surface area (Å²) in [6.45, 7) is 1.21. The summed E-state index contributed by atoms with van der Waals surface area (Å²) in [5.74, 6) is -1.17. The highest BCUT2D eigenvalue weighted by Gasteiger charge is 2.27. The molecule has 0 aromatic carbocycles. The number of hydrogen-bond donors (Lipinski definition) is 2. The number of methoxy groups -OCH3 is 1. The zero-order valence-corrected chi connectivity index (χ0v) is 12.3. The van der Waals surface area contributed by atoms with Crippen LogP contribution in [0.3, 0.4) is 0 Å². The highest BCUT2D eigenvalue weighted by atomic mass is 16.5. The Bertz CT molecular complexity index is 380. The first-order valence-electron chi connectivity index (χ1n) is 6.97. The Hall–Kier alpha value is -1.83. The van der Waals surface area contributed by atoms with Crippen LogP contribution >= 0.6 is 0 Å². The van der Waals surface area contributed by atoms with E-state index in [2.05, 4.69) is 0 Å². The van der Waals surface area contributed by atoms with Crippen molar-refractivity contribution in [2.45, 2.75) is 19.3 Å². The monoisotopic (exact) mass is 301 g/mol. The van der Waals surface area contributed by atoms with Crippen LogP contribution in [0.25, 0.3) is 0 Å². The number of rotatable bonds is 7. The highest BCUT2D eigenvalue weighted by molar-refractivity contribution is 5.80. The Balaban J connectivity index is 2.52. The normalized spacial score (nSPS) is 15.8. The molecule has 3 N–H and O–H groups in total. The molecule has 1 aliphatic heterocycles. The van der Waals surface area contributed by atoms with E-state index >= 15 is 0 Å². The van der Waals surface area contributed by atoms with Gasteiger partial charge in [0, 0.05) is 33.2 Å². The van der Waals surface area contributed by atoms with Gasteiger partial charge in [-0.25, -0.2) is 4.79 Å². The van der Waals surface area contributed by atoms with E-state index in [-0.39, 0.29) is 37.6 Å². The highest BCUT2D eigenvalue weighted by Crippen LogP contribution is 2.21. The fourth-order valence-electron chi connectivity index (χ4n) is 2.42. The molecule has 8 heteroatoms. The van der Waals surface area contributed by atoms with Crippen molar-refractivity contribution in [3.63, 3.8) is 0 Å². The predicted octanol–water partition coefficient (Wildman–Crippen LogP) is -0.273. The van der Waals surface area contributed by atoms with Gasteiger partial charge >= 0.3 is 12.0 Å². The van der Waals surface area contributed by atoms with E-state index in [0.29, 0.717) is 32.4 Å². The van der Waals surface area contributed by atoms with E-state index in [4.69, 9.17) is 15.6 Å². The lowest BCUT2D eigenvalue weighted by molar-refractivity contribution is -0.138. The summed E-state index contributed by atoms with van der Waals surface area (Å²) in [5.41, 5.74) is 5.17. The molecule has 0 aromatic rings. The molecular formula is C13H23N3O5. The molecule has 0 saturated carbocycles. The van der Waals surface area contributed by atoms with Crippen molar-refractivity contribution in [1.82, 2.24) is 9.80 Å². The fourth-order valence-corrected chi connectivity index (χ4v) is 2.42. The Labute approximate surface area is 123 Å². The van der Waals surface area contributed by atoms with Gasteiger partial charge in [-0.2, -0.15) is 0 Å². The second kappa shape index (κ2) is 8.46. The van der Waals surface area contributed by atoms with Crippen LogP contribution in [0.2, 0.25) is 0 Å². The van der Waals surface area contributed by atoms with E-state index in [9.17, 15) is 14.4 Å². The fraction of sp³-hybridized carbons (Fsp3) is 0.769. The number of aliphatic carboxylic acids is 1. The smallest absolute Gasteiger partial charge is 0.323 e. The van der Waals surface area contributed by atoms with Crippen molar-refractivity contribution in [3.05, 3.63) is 0 Å². The maximum absolute atomic E-state index is 12.3. The van der Waals surface area contributed by atoms with Crippen LogP contribution in [0.4, 0.5) is 4.79 Å². The van der Waals surface area contributed by atoms with Crippen LogP contribution in [-0.4, -0.2) is 72.7 Å². The van der Waals surface area contributed by atoms with Crippen LogP contribution in [0, 0.1) is 5.92 Å². The van der Waals surface area contributed by atoms with Crippen molar-refractivity contribution in [1.29, 1.82) is 0 Å². The average molecular weight is 301 g/mol. The molecule has 8 nitrogen and oxygen atoms in total. The maximum atomic E-state index is 12.3. The third-order valence-corrected chi connectivity index (χ3v) is 3.54. The Morgan fingerprint density at radius 3 is 2.43 bits per heavy atom. The molecule has 0 spiro atoms. The lowest BCUT2D eigenvalue weighted by Gasteiger charge is -2.35. The first kappa shape index (κ1) is 17.2. The number of primary amides is 1. The number of urea groups is 1.